The predicted octanol–water partition coefficient (Wildman–Crippen LogP) is 2.30. The van der Waals surface area contributed by atoms with Crippen molar-refractivity contribution in [1.82, 2.24) is 15.1 Å². The molecule has 0 aliphatic rings. The molecule has 0 amide bonds. The number of nitrogens with two attached hydrogens (primary N) is 1. The Morgan fingerprint density at radius 2 is 2.17 bits per heavy atom. The van der Waals surface area contributed by atoms with Crippen molar-refractivity contribution in [3.05, 3.63) is 42.4 Å². The van der Waals surface area contributed by atoms with Gasteiger partial charge in [0.15, 0.2) is 5.82 Å². The maximum absolute atomic E-state index is 5.70. The summed E-state index contributed by atoms with van der Waals surface area (Å²) >= 11 is 0. The Balaban J connectivity index is 2.07. The first-order chi connectivity index (χ1) is 8.74. The molecular formula is C13H12N4O. The summed E-state index contributed by atoms with van der Waals surface area (Å²) in [5.41, 5.74) is 7.51. The minimum absolute atomic E-state index is 0.232. The molecule has 1 aromatic carbocycles. The number of benzene rings is 1. The van der Waals surface area contributed by atoms with Crippen molar-refractivity contribution in [2.24, 2.45) is 5.73 Å². The van der Waals surface area contributed by atoms with Crippen molar-refractivity contribution in [3.8, 4) is 11.5 Å². The van der Waals surface area contributed by atoms with Gasteiger partial charge in [-0.05, 0) is 31.2 Å². The normalized spacial score (nSPS) is 12.8. The van der Waals surface area contributed by atoms with Crippen LogP contribution >= 0.6 is 0 Å². The van der Waals surface area contributed by atoms with Gasteiger partial charge in [0.25, 0.3) is 5.89 Å². The van der Waals surface area contributed by atoms with Crippen LogP contribution < -0.4 is 5.73 Å². The van der Waals surface area contributed by atoms with Crippen molar-refractivity contribution >= 4 is 10.9 Å². The molecule has 3 rings (SSSR count). The lowest BCUT2D eigenvalue weighted by Gasteiger charge is -1.98. The monoisotopic (exact) mass is 240 g/mol. The summed E-state index contributed by atoms with van der Waals surface area (Å²) in [7, 11) is 0. The minimum atomic E-state index is -0.232. The number of fused-ring (bicyclic) bond motifs is 1. The fraction of sp³-hybridized carbons (Fsp3) is 0.154. The van der Waals surface area contributed by atoms with Crippen LogP contribution in [0, 0.1) is 0 Å². The summed E-state index contributed by atoms with van der Waals surface area (Å²) in [6, 6.07) is 9.47. The quantitative estimate of drug-likeness (QED) is 0.743. The molecule has 3 aromatic rings. The van der Waals surface area contributed by atoms with E-state index in [2.05, 4.69) is 15.1 Å². The molecule has 0 saturated carbocycles. The van der Waals surface area contributed by atoms with Gasteiger partial charge in [0.05, 0.1) is 11.6 Å². The van der Waals surface area contributed by atoms with Crippen LogP contribution in [-0.2, 0) is 0 Å². The molecular weight excluding hydrogens is 228 g/mol. The van der Waals surface area contributed by atoms with Gasteiger partial charge in [0, 0.05) is 17.1 Å². The molecule has 0 aliphatic heterocycles. The van der Waals surface area contributed by atoms with E-state index in [4.69, 9.17) is 10.3 Å². The smallest absolute Gasteiger partial charge is 0.258 e. The number of hydrogen-bond acceptors (Lipinski definition) is 5. The van der Waals surface area contributed by atoms with E-state index in [0.29, 0.717) is 11.7 Å². The fourth-order valence-electron chi connectivity index (χ4n) is 1.75. The second-order valence-corrected chi connectivity index (χ2v) is 4.16. The third-order valence-corrected chi connectivity index (χ3v) is 2.70. The number of aromatic nitrogens is 3. The Kier molecular flexibility index (Phi) is 2.53. The third-order valence-electron chi connectivity index (χ3n) is 2.70. The summed E-state index contributed by atoms with van der Waals surface area (Å²) in [6.45, 7) is 1.82. The summed E-state index contributed by atoms with van der Waals surface area (Å²) < 4.78 is 5.20. The second-order valence-electron chi connectivity index (χ2n) is 4.16. The molecule has 0 aliphatic carbocycles. The van der Waals surface area contributed by atoms with E-state index in [1.54, 1.807) is 6.20 Å². The van der Waals surface area contributed by atoms with Crippen LogP contribution in [0.25, 0.3) is 22.4 Å². The topological polar surface area (TPSA) is 77.8 Å². The molecule has 2 aromatic heterocycles. The first-order valence-corrected chi connectivity index (χ1v) is 5.68. The molecule has 5 heteroatoms. The van der Waals surface area contributed by atoms with Crippen LogP contribution in [-0.4, -0.2) is 15.1 Å². The zero-order chi connectivity index (χ0) is 12.5. The lowest BCUT2D eigenvalue weighted by molar-refractivity contribution is 0.418. The predicted molar refractivity (Wildman–Crippen MR) is 67.6 cm³/mol. The fourth-order valence-corrected chi connectivity index (χ4v) is 1.75. The van der Waals surface area contributed by atoms with Gasteiger partial charge >= 0.3 is 0 Å². The van der Waals surface area contributed by atoms with Gasteiger partial charge < -0.3 is 10.3 Å². The average Bonchev–Trinajstić information content (AvgIpc) is 2.88. The summed E-state index contributed by atoms with van der Waals surface area (Å²) in [5, 5.41) is 4.88. The van der Waals surface area contributed by atoms with Gasteiger partial charge in [-0.2, -0.15) is 4.98 Å². The van der Waals surface area contributed by atoms with E-state index in [-0.39, 0.29) is 6.04 Å². The van der Waals surface area contributed by atoms with Gasteiger partial charge in [-0.1, -0.05) is 11.2 Å². The summed E-state index contributed by atoms with van der Waals surface area (Å²) in [5.74, 6) is 0.990. The van der Waals surface area contributed by atoms with Crippen molar-refractivity contribution < 1.29 is 4.52 Å². The summed E-state index contributed by atoms with van der Waals surface area (Å²) in [4.78, 5) is 8.53. The Labute approximate surface area is 104 Å². The summed E-state index contributed by atoms with van der Waals surface area (Å²) in [6.07, 6.45) is 1.77. The zero-order valence-electron chi connectivity index (χ0n) is 9.87. The largest absolute Gasteiger partial charge is 0.334 e. The molecule has 0 saturated heterocycles. The molecule has 0 radical (unpaired) electrons. The highest BCUT2D eigenvalue weighted by Crippen LogP contribution is 2.22. The molecule has 0 fully saturated rings. The van der Waals surface area contributed by atoms with E-state index >= 15 is 0 Å². The van der Waals surface area contributed by atoms with E-state index in [1.165, 1.54) is 0 Å². The van der Waals surface area contributed by atoms with E-state index in [0.717, 1.165) is 16.5 Å². The maximum Gasteiger partial charge on any atom is 0.258 e. The molecule has 90 valence electrons. The van der Waals surface area contributed by atoms with Crippen LogP contribution in [0.3, 0.4) is 0 Å². The van der Waals surface area contributed by atoms with Gasteiger partial charge in [0.1, 0.15) is 0 Å². The number of nitrogens with zero attached hydrogens (tertiary/aromatic N) is 3. The molecule has 2 heterocycles. The molecule has 0 spiro atoms. The molecule has 1 unspecified atom stereocenters. The molecule has 1 atom stereocenters. The zero-order valence-corrected chi connectivity index (χ0v) is 9.87. The average molecular weight is 240 g/mol. The van der Waals surface area contributed by atoms with Crippen molar-refractivity contribution in [2.75, 3.05) is 0 Å². The molecule has 2 N–H and O–H groups in total. The molecule has 0 bridgehead atoms. The van der Waals surface area contributed by atoms with E-state index in [1.807, 2.05) is 37.3 Å². The van der Waals surface area contributed by atoms with Crippen molar-refractivity contribution in [3.63, 3.8) is 0 Å². The van der Waals surface area contributed by atoms with Crippen molar-refractivity contribution in [2.45, 2.75) is 13.0 Å². The van der Waals surface area contributed by atoms with Crippen LogP contribution in [0.1, 0.15) is 18.8 Å². The van der Waals surface area contributed by atoms with Gasteiger partial charge in [-0.15, -0.1) is 0 Å². The van der Waals surface area contributed by atoms with E-state index in [9.17, 15) is 0 Å². The Morgan fingerprint density at radius 3 is 2.94 bits per heavy atom. The van der Waals surface area contributed by atoms with Gasteiger partial charge in [0.2, 0.25) is 0 Å². The van der Waals surface area contributed by atoms with E-state index < -0.39 is 0 Å². The van der Waals surface area contributed by atoms with Crippen LogP contribution in [0.4, 0.5) is 0 Å². The highest BCUT2D eigenvalue weighted by molar-refractivity contribution is 5.82. The molecule has 5 nitrogen and oxygen atoms in total. The SMILES string of the molecule is CC(N)c1noc(-c2ccc3ncccc3c2)n1. The Hall–Kier alpha value is -2.27. The second kappa shape index (κ2) is 4.19. The Bertz CT molecular complexity index is 690. The van der Waals surface area contributed by atoms with Gasteiger partial charge in [-0.3, -0.25) is 4.98 Å². The van der Waals surface area contributed by atoms with Crippen LogP contribution in [0.5, 0.6) is 0 Å². The standard InChI is InChI=1S/C13H12N4O/c1-8(14)12-16-13(18-17-12)10-4-5-11-9(7-10)3-2-6-15-11/h2-8H,14H2,1H3. The number of rotatable bonds is 2. The number of hydrogen-bond donors (Lipinski definition) is 1. The highest BCUT2D eigenvalue weighted by atomic mass is 16.5. The van der Waals surface area contributed by atoms with Crippen LogP contribution in [0.2, 0.25) is 0 Å². The Morgan fingerprint density at radius 1 is 1.28 bits per heavy atom. The van der Waals surface area contributed by atoms with Crippen molar-refractivity contribution in [1.29, 1.82) is 0 Å². The van der Waals surface area contributed by atoms with Crippen LogP contribution in [0.15, 0.2) is 41.1 Å². The highest BCUT2D eigenvalue weighted by Gasteiger charge is 2.11. The first-order valence-electron chi connectivity index (χ1n) is 5.68. The van der Waals surface area contributed by atoms with Gasteiger partial charge in [-0.25, -0.2) is 0 Å². The lowest BCUT2D eigenvalue weighted by Crippen LogP contribution is -2.06. The first kappa shape index (κ1) is 10.9. The molecule has 18 heavy (non-hydrogen) atoms. The maximum atomic E-state index is 5.70. The number of pyridine rings is 1. The third kappa shape index (κ3) is 1.84. The minimum Gasteiger partial charge on any atom is -0.334 e. The lowest BCUT2D eigenvalue weighted by atomic mass is 10.1.